The minimum atomic E-state index is -0.200. The predicted molar refractivity (Wildman–Crippen MR) is 103 cm³/mol. The molecule has 1 aliphatic carbocycles. The third kappa shape index (κ3) is 4.22. The third-order valence-electron chi connectivity index (χ3n) is 4.29. The maximum absolute atomic E-state index is 12.3. The molecule has 1 aromatic rings. The first-order valence-corrected chi connectivity index (χ1v) is 8.51. The lowest BCUT2D eigenvalue weighted by Gasteiger charge is -2.28. The first kappa shape index (κ1) is 19.0. The quantitative estimate of drug-likeness (QED) is 0.767. The van der Waals surface area contributed by atoms with E-state index < -0.39 is 0 Å². The lowest BCUT2D eigenvalue weighted by molar-refractivity contribution is -0.111. The van der Waals surface area contributed by atoms with Crippen LogP contribution in [0.15, 0.2) is 41.7 Å². The molecule has 0 saturated heterocycles. The zero-order valence-electron chi connectivity index (χ0n) is 16.2. The molecule has 0 atom stereocenters. The Morgan fingerprint density at radius 2 is 1.48 bits per heavy atom. The number of hydrogen-bond donors (Lipinski definition) is 1. The maximum Gasteiger partial charge on any atom is 0.189 e. The number of methoxy groups -OCH3 is 1. The molecule has 1 aliphatic rings. The van der Waals surface area contributed by atoms with Crippen molar-refractivity contribution in [3.8, 4) is 5.75 Å². The van der Waals surface area contributed by atoms with Crippen molar-refractivity contribution < 1.29 is 14.6 Å². The number of phenolic OH excluding ortho intramolecular Hbond substituents is 1. The van der Waals surface area contributed by atoms with E-state index in [0.29, 0.717) is 17.1 Å². The van der Waals surface area contributed by atoms with Crippen LogP contribution in [0.25, 0.3) is 6.08 Å². The fourth-order valence-electron chi connectivity index (χ4n) is 2.82. The van der Waals surface area contributed by atoms with Gasteiger partial charge >= 0.3 is 0 Å². The fourth-order valence-corrected chi connectivity index (χ4v) is 2.82. The van der Waals surface area contributed by atoms with Crippen molar-refractivity contribution in [2.75, 3.05) is 7.11 Å². The number of ketones is 1. The number of aromatic hydroxyl groups is 1. The van der Waals surface area contributed by atoms with Crippen LogP contribution in [0.3, 0.4) is 0 Å². The number of hydrogen-bond acceptors (Lipinski definition) is 3. The van der Waals surface area contributed by atoms with E-state index in [-0.39, 0.29) is 16.6 Å². The topological polar surface area (TPSA) is 46.5 Å². The molecule has 0 aromatic heterocycles. The van der Waals surface area contributed by atoms with Gasteiger partial charge in [-0.3, -0.25) is 4.79 Å². The van der Waals surface area contributed by atoms with Gasteiger partial charge in [0, 0.05) is 22.8 Å². The van der Waals surface area contributed by atoms with E-state index in [2.05, 4.69) is 41.5 Å². The molecule has 0 aliphatic heterocycles. The SMILES string of the molecule is COC1=CC(=O)/C(=C\c2cc(C(C)(C)C)c(O)c(C(C)(C)C)c2)C=C1. The molecule has 0 heterocycles. The average Bonchev–Trinajstić information content (AvgIpc) is 2.48. The van der Waals surface area contributed by atoms with Crippen LogP contribution in [0.5, 0.6) is 5.75 Å². The van der Waals surface area contributed by atoms with Crippen molar-refractivity contribution in [1.29, 1.82) is 0 Å². The molecule has 1 N–H and O–H groups in total. The zero-order valence-corrected chi connectivity index (χ0v) is 16.2. The lowest BCUT2D eigenvalue weighted by atomic mass is 9.78. The van der Waals surface area contributed by atoms with E-state index >= 15 is 0 Å². The summed E-state index contributed by atoms with van der Waals surface area (Å²) in [6.07, 6.45) is 6.90. The van der Waals surface area contributed by atoms with E-state index in [9.17, 15) is 9.90 Å². The summed E-state index contributed by atoms with van der Waals surface area (Å²) in [7, 11) is 1.54. The Hall–Kier alpha value is -2.29. The van der Waals surface area contributed by atoms with Gasteiger partial charge in [-0.1, -0.05) is 41.5 Å². The molecule has 134 valence electrons. The monoisotopic (exact) mass is 340 g/mol. The van der Waals surface area contributed by atoms with Crippen LogP contribution in [0.1, 0.15) is 58.2 Å². The average molecular weight is 340 g/mol. The summed E-state index contributed by atoms with van der Waals surface area (Å²) in [5.41, 5.74) is 2.88. The van der Waals surface area contributed by atoms with Crippen molar-refractivity contribution in [2.24, 2.45) is 0 Å². The Morgan fingerprint density at radius 1 is 0.960 bits per heavy atom. The van der Waals surface area contributed by atoms with E-state index in [1.165, 1.54) is 6.08 Å². The molecular formula is C22H28O3. The van der Waals surface area contributed by atoms with Crippen molar-refractivity contribution in [3.05, 3.63) is 58.4 Å². The molecule has 0 fully saturated rings. The zero-order chi connectivity index (χ0) is 19.0. The first-order valence-electron chi connectivity index (χ1n) is 8.51. The lowest BCUT2D eigenvalue weighted by Crippen LogP contribution is -2.17. The Morgan fingerprint density at radius 3 is 1.88 bits per heavy atom. The van der Waals surface area contributed by atoms with Gasteiger partial charge in [-0.2, -0.15) is 0 Å². The number of benzene rings is 1. The van der Waals surface area contributed by atoms with Crippen molar-refractivity contribution in [1.82, 2.24) is 0 Å². The highest BCUT2D eigenvalue weighted by Crippen LogP contribution is 2.40. The van der Waals surface area contributed by atoms with Crippen LogP contribution >= 0.6 is 0 Å². The summed E-state index contributed by atoms with van der Waals surface area (Å²) < 4.78 is 5.10. The highest BCUT2D eigenvalue weighted by atomic mass is 16.5. The van der Waals surface area contributed by atoms with Gasteiger partial charge in [-0.15, -0.1) is 0 Å². The standard InChI is InChI=1S/C22H28O3/c1-21(2,3)17-11-14(12-18(20(17)24)22(4,5)6)10-15-8-9-16(25-7)13-19(15)23/h8-13,24H,1-7H3/b15-10-. The third-order valence-corrected chi connectivity index (χ3v) is 4.29. The number of carbonyl (C=O) groups is 1. The van der Waals surface area contributed by atoms with Crippen molar-refractivity contribution in [3.63, 3.8) is 0 Å². The Bertz CT molecular complexity index is 743. The van der Waals surface area contributed by atoms with E-state index in [4.69, 9.17) is 4.74 Å². The molecule has 0 bridgehead atoms. The van der Waals surface area contributed by atoms with Crippen LogP contribution in [0.4, 0.5) is 0 Å². The summed E-state index contributed by atoms with van der Waals surface area (Å²) in [5.74, 6) is 0.815. The highest BCUT2D eigenvalue weighted by molar-refractivity contribution is 6.10. The molecule has 0 amide bonds. The van der Waals surface area contributed by atoms with Gasteiger partial charge in [0.15, 0.2) is 5.78 Å². The smallest absolute Gasteiger partial charge is 0.189 e. The van der Waals surface area contributed by atoms with E-state index in [0.717, 1.165) is 16.7 Å². The minimum Gasteiger partial charge on any atom is -0.507 e. The number of ether oxygens (including phenoxy) is 1. The molecule has 0 saturated carbocycles. The van der Waals surface area contributed by atoms with Gasteiger partial charge in [-0.25, -0.2) is 0 Å². The molecule has 0 spiro atoms. The van der Waals surface area contributed by atoms with Gasteiger partial charge in [0.1, 0.15) is 11.5 Å². The van der Waals surface area contributed by atoms with Crippen LogP contribution < -0.4 is 0 Å². The second-order valence-electron chi connectivity index (χ2n) is 8.51. The summed E-state index contributed by atoms with van der Waals surface area (Å²) in [5, 5.41) is 10.8. The summed E-state index contributed by atoms with van der Waals surface area (Å²) >= 11 is 0. The molecular weight excluding hydrogens is 312 g/mol. The molecule has 2 rings (SSSR count). The Labute approximate surface area is 150 Å². The van der Waals surface area contributed by atoms with Gasteiger partial charge < -0.3 is 9.84 Å². The molecule has 3 nitrogen and oxygen atoms in total. The summed E-state index contributed by atoms with van der Waals surface area (Å²) in [4.78, 5) is 12.3. The van der Waals surface area contributed by atoms with E-state index in [1.54, 1.807) is 19.3 Å². The highest BCUT2D eigenvalue weighted by Gasteiger charge is 2.26. The van der Waals surface area contributed by atoms with Gasteiger partial charge in [0.25, 0.3) is 0 Å². The first-order chi connectivity index (χ1) is 11.4. The predicted octanol–water partition coefficient (Wildman–Crippen LogP) is 5.04. The van der Waals surface area contributed by atoms with Crippen molar-refractivity contribution in [2.45, 2.75) is 52.4 Å². The van der Waals surface area contributed by atoms with Crippen LogP contribution in [-0.4, -0.2) is 18.0 Å². The number of carbonyl (C=O) groups excluding carboxylic acids is 1. The normalized spacial score (nSPS) is 17.0. The Kier molecular flexibility index (Phi) is 4.99. The van der Waals surface area contributed by atoms with Gasteiger partial charge in [0.2, 0.25) is 0 Å². The summed E-state index contributed by atoms with van der Waals surface area (Å²) in [6, 6.07) is 3.93. The molecule has 0 unspecified atom stereocenters. The second-order valence-corrected chi connectivity index (χ2v) is 8.51. The number of rotatable bonds is 2. The van der Waals surface area contributed by atoms with Gasteiger partial charge in [0.05, 0.1) is 7.11 Å². The van der Waals surface area contributed by atoms with Crippen LogP contribution in [0, 0.1) is 0 Å². The van der Waals surface area contributed by atoms with Crippen LogP contribution in [-0.2, 0) is 20.4 Å². The fraction of sp³-hybridized carbons (Fsp3) is 0.409. The Balaban J connectivity index is 2.60. The second kappa shape index (κ2) is 6.55. The molecule has 0 radical (unpaired) electrons. The van der Waals surface area contributed by atoms with Crippen molar-refractivity contribution >= 4 is 11.9 Å². The molecule has 1 aromatic carbocycles. The maximum atomic E-state index is 12.3. The van der Waals surface area contributed by atoms with Gasteiger partial charge in [-0.05, 0) is 46.8 Å². The number of allylic oxidation sites excluding steroid dienone is 4. The minimum absolute atomic E-state index is 0.0814. The molecule has 3 heteroatoms. The number of phenols is 1. The largest absolute Gasteiger partial charge is 0.507 e. The van der Waals surface area contributed by atoms with E-state index in [1.807, 2.05) is 18.2 Å². The van der Waals surface area contributed by atoms with Crippen LogP contribution in [0.2, 0.25) is 0 Å². The molecule has 25 heavy (non-hydrogen) atoms. The summed E-state index contributed by atoms with van der Waals surface area (Å²) in [6.45, 7) is 12.4.